The number of carbonyl (C=O) groups is 2. The number of hydrogen-bond acceptors (Lipinski definition) is 2. The van der Waals surface area contributed by atoms with Crippen molar-refractivity contribution < 1.29 is 9.59 Å². The van der Waals surface area contributed by atoms with Gasteiger partial charge < -0.3 is 0 Å². The fourth-order valence-electron chi connectivity index (χ4n) is 1.59. The van der Waals surface area contributed by atoms with E-state index in [1.54, 1.807) is 24.3 Å². The maximum Gasteiger partial charge on any atom is 0.269 e. The molecular weight excluding hydrogens is 276 g/mol. The van der Waals surface area contributed by atoms with Crippen LogP contribution in [0.5, 0.6) is 0 Å². The van der Waals surface area contributed by atoms with Gasteiger partial charge in [0.25, 0.3) is 5.91 Å². The van der Waals surface area contributed by atoms with Crippen LogP contribution in [0.1, 0.15) is 37.6 Å². The molecule has 0 heterocycles. The van der Waals surface area contributed by atoms with E-state index in [1.165, 1.54) is 11.1 Å². The van der Waals surface area contributed by atoms with E-state index in [4.69, 9.17) is 11.6 Å². The third-order valence-electron chi connectivity index (χ3n) is 2.56. The van der Waals surface area contributed by atoms with Gasteiger partial charge in [0.15, 0.2) is 0 Å². The van der Waals surface area contributed by atoms with Gasteiger partial charge in [-0.05, 0) is 45.0 Å². The van der Waals surface area contributed by atoms with Crippen molar-refractivity contribution in [3.63, 3.8) is 0 Å². The first kappa shape index (κ1) is 16.2. The highest BCUT2D eigenvalue weighted by atomic mass is 35.5. The van der Waals surface area contributed by atoms with Gasteiger partial charge in [-0.25, -0.2) is 5.01 Å². The van der Waals surface area contributed by atoms with E-state index in [0.29, 0.717) is 10.6 Å². The lowest BCUT2D eigenvalue weighted by Crippen LogP contribution is -2.55. The molecule has 20 heavy (non-hydrogen) atoms. The summed E-state index contributed by atoms with van der Waals surface area (Å²) in [6.45, 7) is 9.07. The molecule has 0 spiro atoms. The molecule has 0 aliphatic rings. The highest BCUT2D eigenvalue weighted by Crippen LogP contribution is 2.14. The topological polar surface area (TPSA) is 49.4 Å². The van der Waals surface area contributed by atoms with Crippen LogP contribution in [-0.2, 0) is 4.79 Å². The van der Waals surface area contributed by atoms with Crippen molar-refractivity contribution in [3.8, 4) is 0 Å². The van der Waals surface area contributed by atoms with E-state index in [2.05, 4.69) is 12.0 Å². The van der Waals surface area contributed by atoms with Crippen LogP contribution in [0.4, 0.5) is 0 Å². The standard InChI is InChI=1S/C15H19ClN2O2/c1-5-6-13(19)18(15(2,3)4)17-14(20)11-7-9-12(16)10-8-11/h5,7-10H,1,6H2,2-4H3,(H,17,20). The van der Waals surface area contributed by atoms with Gasteiger partial charge in [-0.15, -0.1) is 6.58 Å². The number of hydrazine groups is 1. The average Bonchev–Trinajstić information content (AvgIpc) is 2.35. The molecule has 0 saturated heterocycles. The lowest BCUT2D eigenvalue weighted by Gasteiger charge is -2.35. The number of halogens is 1. The number of carbonyl (C=O) groups excluding carboxylic acids is 2. The molecule has 0 radical (unpaired) electrons. The van der Waals surface area contributed by atoms with E-state index < -0.39 is 5.54 Å². The summed E-state index contributed by atoms with van der Waals surface area (Å²) in [6.07, 6.45) is 1.67. The summed E-state index contributed by atoms with van der Waals surface area (Å²) in [4.78, 5) is 24.2. The Balaban J connectivity index is 2.89. The lowest BCUT2D eigenvalue weighted by molar-refractivity contribution is -0.138. The second-order valence-electron chi connectivity index (χ2n) is 5.34. The molecule has 0 aromatic heterocycles. The van der Waals surface area contributed by atoms with Gasteiger partial charge in [-0.2, -0.15) is 0 Å². The van der Waals surface area contributed by atoms with Crippen LogP contribution >= 0.6 is 11.6 Å². The van der Waals surface area contributed by atoms with Gasteiger partial charge in [-0.3, -0.25) is 15.0 Å². The van der Waals surface area contributed by atoms with E-state index in [1.807, 2.05) is 20.8 Å². The third-order valence-corrected chi connectivity index (χ3v) is 2.81. The molecule has 2 amide bonds. The molecule has 1 rings (SSSR count). The monoisotopic (exact) mass is 294 g/mol. The number of benzene rings is 1. The molecule has 1 N–H and O–H groups in total. The minimum atomic E-state index is -0.526. The molecule has 108 valence electrons. The number of rotatable bonds is 3. The summed E-state index contributed by atoms with van der Waals surface area (Å²) in [6, 6.07) is 6.47. The third kappa shape index (κ3) is 4.38. The highest BCUT2D eigenvalue weighted by molar-refractivity contribution is 6.30. The Morgan fingerprint density at radius 2 is 1.85 bits per heavy atom. The fraction of sp³-hybridized carbons (Fsp3) is 0.333. The smallest absolute Gasteiger partial charge is 0.269 e. The van der Waals surface area contributed by atoms with Crippen molar-refractivity contribution in [1.82, 2.24) is 10.4 Å². The molecule has 4 nitrogen and oxygen atoms in total. The molecule has 5 heteroatoms. The van der Waals surface area contributed by atoms with Gasteiger partial charge in [0, 0.05) is 17.0 Å². The SMILES string of the molecule is C=CCC(=O)N(NC(=O)c1ccc(Cl)cc1)C(C)(C)C. The molecule has 0 unspecified atom stereocenters. The Labute approximate surface area is 124 Å². The summed E-state index contributed by atoms with van der Waals surface area (Å²) in [5, 5.41) is 1.88. The molecule has 0 aliphatic carbocycles. The Hall–Kier alpha value is -1.81. The molecule has 0 bridgehead atoms. The Kier molecular flexibility index (Phi) is 5.34. The predicted molar refractivity (Wildman–Crippen MR) is 80.3 cm³/mol. The van der Waals surface area contributed by atoms with Crippen LogP contribution < -0.4 is 5.43 Å². The Bertz CT molecular complexity index is 504. The zero-order chi connectivity index (χ0) is 15.3. The van der Waals surface area contributed by atoms with Crippen molar-refractivity contribution in [2.24, 2.45) is 0 Å². The summed E-state index contributed by atoms with van der Waals surface area (Å²) >= 11 is 5.78. The number of amides is 2. The first-order chi connectivity index (χ1) is 9.25. The first-order valence-corrected chi connectivity index (χ1v) is 6.64. The van der Waals surface area contributed by atoms with Crippen LogP contribution in [-0.4, -0.2) is 22.4 Å². The second-order valence-corrected chi connectivity index (χ2v) is 5.78. The van der Waals surface area contributed by atoms with Gasteiger partial charge in [0.2, 0.25) is 5.91 Å². The van der Waals surface area contributed by atoms with Crippen LogP contribution in [0.15, 0.2) is 36.9 Å². The molecule has 1 aromatic carbocycles. The quantitative estimate of drug-likeness (QED) is 0.687. The minimum Gasteiger partial charge on any atom is -0.273 e. The Morgan fingerprint density at radius 3 is 2.30 bits per heavy atom. The van der Waals surface area contributed by atoms with E-state index in [-0.39, 0.29) is 18.2 Å². The van der Waals surface area contributed by atoms with Gasteiger partial charge >= 0.3 is 0 Å². The maximum absolute atomic E-state index is 12.1. The maximum atomic E-state index is 12.1. The fourth-order valence-corrected chi connectivity index (χ4v) is 1.71. The van der Waals surface area contributed by atoms with Gasteiger partial charge in [0.1, 0.15) is 0 Å². The molecule has 0 aliphatic heterocycles. The second kappa shape index (κ2) is 6.57. The minimum absolute atomic E-state index is 0.165. The van der Waals surface area contributed by atoms with E-state index in [0.717, 1.165) is 0 Å². The largest absolute Gasteiger partial charge is 0.273 e. The zero-order valence-electron chi connectivity index (χ0n) is 11.9. The van der Waals surface area contributed by atoms with Crippen molar-refractivity contribution in [1.29, 1.82) is 0 Å². The summed E-state index contributed by atoms with van der Waals surface area (Å²) in [5.74, 6) is -0.566. The van der Waals surface area contributed by atoms with Crippen LogP contribution in [0.2, 0.25) is 5.02 Å². The number of nitrogens with one attached hydrogen (secondary N) is 1. The normalized spacial score (nSPS) is 10.8. The van der Waals surface area contributed by atoms with Crippen molar-refractivity contribution in [3.05, 3.63) is 47.5 Å². The molecule has 0 saturated carbocycles. The molecular formula is C15H19ClN2O2. The number of hydrogen-bond donors (Lipinski definition) is 1. The zero-order valence-corrected chi connectivity index (χ0v) is 12.7. The van der Waals surface area contributed by atoms with Crippen LogP contribution in [0.25, 0.3) is 0 Å². The molecule has 1 aromatic rings. The van der Waals surface area contributed by atoms with E-state index >= 15 is 0 Å². The van der Waals surface area contributed by atoms with Gasteiger partial charge in [0.05, 0.1) is 5.54 Å². The predicted octanol–water partition coefficient (Wildman–Crippen LogP) is 3.19. The van der Waals surface area contributed by atoms with Crippen LogP contribution in [0, 0.1) is 0 Å². The molecule has 0 atom stereocenters. The summed E-state index contributed by atoms with van der Waals surface area (Å²) in [7, 11) is 0. The van der Waals surface area contributed by atoms with Crippen molar-refractivity contribution in [2.45, 2.75) is 32.7 Å². The average molecular weight is 295 g/mol. The van der Waals surface area contributed by atoms with Crippen LogP contribution in [0.3, 0.4) is 0 Å². The first-order valence-electron chi connectivity index (χ1n) is 6.26. The lowest BCUT2D eigenvalue weighted by atomic mass is 10.1. The van der Waals surface area contributed by atoms with Crippen molar-refractivity contribution >= 4 is 23.4 Å². The summed E-state index contributed by atoms with van der Waals surface area (Å²) < 4.78 is 0. The van der Waals surface area contributed by atoms with Crippen molar-refractivity contribution in [2.75, 3.05) is 0 Å². The van der Waals surface area contributed by atoms with Gasteiger partial charge in [-0.1, -0.05) is 17.7 Å². The summed E-state index contributed by atoms with van der Waals surface area (Å²) in [5.41, 5.74) is 2.55. The molecule has 0 fully saturated rings. The van der Waals surface area contributed by atoms with E-state index in [9.17, 15) is 9.59 Å². The Morgan fingerprint density at radius 1 is 1.30 bits per heavy atom. The number of nitrogens with zero attached hydrogens (tertiary/aromatic N) is 1. The highest BCUT2D eigenvalue weighted by Gasteiger charge is 2.27.